The molecule has 5 nitrogen and oxygen atoms in total. The number of nitrogens with one attached hydrogen (secondary N) is 1. The summed E-state index contributed by atoms with van der Waals surface area (Å²) in [6.07, 6.45) is 3.50. The van der Waals surface area contributed by atoms with Gasteiger partial charge >= 0.3 is 0 Å². The molecule has 0 aliphatic carbocycles. The van der Waals surface area contributed by atoms with E-state index in [1.165, 1.54) is 0 Å². The molecular formula is C12H19N3O2. The largest absolute Gasteiger partial charge is 0.493 e. The summed E-state index contributed by atoms with van der Waals surface area (Å²) >= 11 is 0. The van der Waals surface area contributed by atoms with Gasteiger partial charge in [-0.3, -0.25) is 9.48 Å². The Bertz CT molecular complexity index is 398. The van der Waals surface area contributed by atoms with Gasteiger partial charge in [-0.25, -0.2) is 0 Å². The highest BCUT2D eigenvalue weighted by Gasteiger charge is 2.39. The molecule has 1 atom stereocenters. The fourth-order valence-corrected chi connectivity index (χ4v) is 2.34. The number of carbonyl (C=O) groups is 1. The van der Waals surface area contributed by atoms with Crippen LogP contribution < -0.4 is 10.1 Å². The lowest BCUT2D eigenvalue weighted by Gasteiger charge is -2.23. The van der Waals surface area contributed by atoms with Gasteiger partial charge in [0.1, 0.15) is 5.69 Å². The van der Waals surface area contributed by atoms with Crippen molar-refractivity contribution >= 4 is 5.78 Å². The summed E-state index contributed by atoms with van der Waals surface area (Å²) in [6.45, 7) is 5.48. The molecule has 1 aromatic rings. The Morgan fingerprint density at radius 3 is 3.00 bits per heavy atom. The Morgan fingerprint density at radius 2 is 2.47 bits per heavy atom. The Labute approximate surface area is 101 Å². The number of ketones is 1. The predicted octanol–water partition coefficient (Wildman–Crippen LogP) is 1.24. The van der Waals surface area contributed by atoms with E-state index in [0.717, 1.165) is 19.4 Å². The van der Waals surface area contributed by atoms with Crippen LogP contribution in [0.25, 0.3) is 0 Å². The summed E-state index contributed by atoms with van der Waals surface area (Å²) in [6, 6.07) is 0. The van der Waals surface area contributed by atoms with Crippen LogP contribution in [0.15, 0.2) is 6.20 Å². The third kappa shape index (κ3) is 1.95. The molecule has 1 aliphatic rings. The highest BCUT2D eigenvalue weighted by molar-refractivity contribution is 6.03. The van der Waals surface area contributed by atoms with Crippen LogP contribution in [0.1, 0.15) is 37.2 Å². The number of rotatable bonds is 4. The Morgan fingerprint density at radius 1 is 1.71 bits per heavy atom. The molecule has 0 radical (unpaired) electrons. The van der Waals surface area contributed by atoms with E-state index in [9.17, 15) is 4.79 Å². The molecule has 1 saturated heterocycles. The van der Waals surface area contributed by atoms with Gasteiger partial charge in [-0.05, 0) is 33.2 Å². The first-order valence-corrected chi connectivity index (χ1v) is 6.02. The molecule has 94 valence electrons. The van der Waals surface area contributed by atoms with Crippen LogP contribution in [0.2, 0.25) is 0 Å². The summed E-state index contributed by atoms with van der Waals surface area (Å²) in [4.78, 5) is 12.6. The van der Waals surface area contributed by atoms with Crippen LogP contribution >= 0.6 is 0 Å². The number of ether oxygens (including phenoxy) is 1. The van der Waals surface area contributed by atoms with Crippen molar-refractivity contribution in [3.05, 3.63) is 11.9 Å². The second kappa shape index (κ2) is 4.49. The highest BCUT2D eigenvalue weighted by Crippen LogP contribution is 2.28. The third-order valence-corrected chi connectivity index (χ3v) is 3.41. The van der Waals surface area contributed by atoms with Gasteiger partial charge in [0.05, 0.1) is 18.8 Å². The van der Waals surface area contributed by atoms with Crippen molar-refractivity contribution in [2.24, 2.45) is 0 Å². The lowest BCUT2D eigenvalue weighted by atomic mass is 9.92. The van der Waals surface area contributed by atoms with Crippen LogP contribution in [0, 0.1) is 0 Å². The lowest BCUT2D eigenvalue weighted by molar-refractivity contribution is 0.0869. The van der Waals surface area contributed by atoms with Crippen molar-refractivity contribution in [3.8, 4) is 5.75 Å². The van der Waals surface area contributed by atoms with Gasteiger partial charge in [-0.1, -0.05) is 0 Å². The van der Waals surface area contributed by atoms with E-state index < -0.39 is 5.54 Å². The van der Waals surface area contributed by atoms with Gasteiger partial charge < -0.3 is 10.1 Å². The summed E-state index contributed by atoms with van der Waals surface area (Å²) in [5, 5.41) is 7.45. The second-order valence-electron chi connectivity index (χ2n) is 4.57. The van der Waals surface area contributed by atoms with Crippen molar-refractivity contribution in [2.75, 3.05) is 13.7 Å². The Kier molecular flexibility index (Phi) is 3.19. The van der Waals surface area contributed by atoms with E-state index in [4.69, 9.17) is 4.74 Å². The molecule has 5 heteroatoms. The number of hydrogen-bond acceptors (Lipinski definition) is 4. The first-order chi connectivity index (χ1) is 8.12. The minimum Gasteiger partial charge on any atom is -0.493 e. The third-order valence-electron chi connectivity index (χ3n) is 3.41. The maximum atomic E-state index is 12.6. The molecule has 2 rings (SSSR count). The standard InChI is InChI=1S/C12H19N3O2/c1-4-15-10(9(17-3)8-14-15)11(16)12(2)6-5-7-13-12/h8,13H,4-7H2,1-3H3. The minimum absolute atomic E-state index is 0.0752. The van der Waals surface area contributed by atoms with Gasteiger partial charge in [0.2, 0.25) is 5.78 Å². The van der Waals surface area contributed by atoms with Crippen molar-refractivity contribution in [1.82, 2.24) is 15.1 Å². The first kappa shape index (κ1) is 12.1. The molecule has 0 amide bonds. The van der Waals surface area contributed by atoms with Crippen molar-refractivity contribution in [3.63, 3.8) is 0 Å². The minimum atomic E-state index is -0.472. The number of Topliss-reactive ketones (excluding diaryl/α,β-unsaturated/α-hetero) is 1. The number of carbonyl (C=O) groups excluding carboxylic acids is 1. The maximum Gasteiger partial charge on any atom is 0.204 e. The molecule has 17 heavy (non-hydrogen) atoms. The van der Waals surface area contributed by atoms with E-state index in [2.05, 4.69) is 10.4 Å². The summed E-state index contributed by atoms with van der Waals surface area (Å²) in [5.74, 6) is 0.637. The highest BCUT2D eigenvalue weighted by atomic mass is 16.5. The van der Waals surface area contributed by atoms with Crippen molar-refractivity contribution in [1.29, 1.82) is 0 Å². The molecule has 1 N–H and O–H groups in total. The average molecular weight is 237 g/mol. The number of hydrogen-bond donors (Lipinski definition) is 1. The summed E-state index contributed by atoms with van der Waals surface area (Å²) < 4.78 is 6.92. The van der Waals surface area contributed by atoms with Crippen molar-refractivity contribution in [2.45, 2.75) is 38.8 Å². The first-order valence-electron chi connectivity index (χ1n) is 6.02. The Hall–Kier alpha value is -1.36. The molecule has 2 heterocycles. The van der Waals surface area contributed by atoms with Gasteiger partial charge in [-0.15, -0.1) is 0 Å². The number of aryl methyl sites for hydroxylation is 1. The maximum absolute atomic E-state index is 12.6. The van der Waals surface area contributed by atoms with Crippen LogP contribution in [0.4, 0.5) is 0 Å². The number of aromatic nitrogens is 2. The van der Waals surface area contributed by atoms with E-state index >= 15 is 0 Å². The zero-order chi connectivity index (χ0) is 12.5. The van der Waals surface area contributed by atoms with Gasteiger partial charge in [0.25, 0.3) is 0 Å². The van der Waals surface area contributed by atoms with Gasteiger partial charge in [0.15, 0.2) is 5.75 Å². The molecule has 1 aromatic heterocycles. The lowest BCUT2D eigenvalue weighted by Crippen LogP contribution is -2.45. The van der Waals surface area contributed by atoms with E-state index in [0.29, 0.717) is 18.0 Å². The van der Waals surface area contributed by atoms with E-state index in [-0.39, 0.29) is 5.78 Å². The molecular weight excluding hydrogens is 218 g/mol. The van der Waals surface area contributed by atoms with E-state index in [1.807, 2.05) is 13.8 Å². The van der Waals surface area contributed by atoms with Gasteiger partial charge in [0, 0.05) is 6.54 Å². The predicted molar refractivity (Wildman–Crippen MR) is 64.4 cm³/mol. The van der Waals surface area contributed by atoms with E-state index in [1.54, 1.807) is 18.0 Å². The fourth-order valence-electron chi connectivity index (χ4n) is 2.34. The summed E-state index contributed by atoms with van der Waals surface area (Å²) in [7, 11) is 1.57. The van der Waals surface area contributed by atoms with Crippen LogP contribution in [0.5, 0.6) is 5.75 Å². The van der Waals surface area contributed by atoms with Crippen LogP contribution in [-0.2, 0) is 6.54 Å². The molecule has 0 saturated carbocycles. The SMILES string of the molecule is CCn1ncc(OC)c1C(=O)C1(C)CCCN1. The molecule has 1 fully saturated rings. The molecule has 0 spiro atoms. The van der Waals surface area contributed by atoms with Crippen molar-refractivity contribution < 1.29 is 9.53 Å². The monoisotopic (exact) mass is 237 g/mol. The second-order valence-corrected chi connectivity index (χ2v) is 4.57. The quantitative estimate of drug-likeness (QED) is 0.800. The van der Waals surface area contributed by atoms with Gasteiger partial charge in [-0.2, -0.15) is 5.10 Å². The molecule has 1 aliphatic heterocycles. The number of methoxy groups -OCH3 is 1. The van der Waals surface area contributed by atoms with Crippen LogP contribution in [0.3, 0.4) is 0 Å². The zero-order valence-electron chi connectivity index (χ0n) is 10.6. The fraction of sp³-hybridized carbons (Fsp3) is 0.667. The smallest absolute Gasteiger partial charge is 0.204 e. The topological polar surface area (TPSA) is 56.2 Å². The normalized spacial score (nSPS) is 23.9. The van der Waals surface area contributed by atoms with Crippen LogP contribution in [-0.4, -0.2) is 34.8 Å². The molecule has 1 unspecified atom stereocenters. The molecule has 0 aromatic carbocycles. The summed E-state index contributed by atoms with van der Waals surface area (Å²) in [5.41, 5.74) is 0.104. The number of nitrogens with zero attached hydrogens (tertiary/aromatic N) is 2. The average Bonchev–Trinajstić information content (AvgIpc) is 2.94. The zero-order valence-corrected chi connectivity index (χ0v) is 10.6. The Balaban J connectivity index is 2.38. The molecule has 0 bridgehead atoms.